The van der Waals surface area contributed by atoms with Crippen LogP contribution in [0.1, 0.15) is 50.4 Å². The van der Waals surface area contributed by atoms with Crippen molar-refractivity contribution in [2.45, 2.75) is 46.1 Å². The van der Waals surface area contributed by atoms with Crippen LogP contribution in [0.2, 0.25) is 0 Å². The van der Waals surface area contributed by atoms with E-state index in [0.29, 0.717) is 11.5 Å². The topological polar surface area (TPSA) is 72.2 Å². The Labute approximate surface area is 119 Å². The number of hydrogen-bond acceptors (Lipinski definition) is 3. The SMILES string of the molecule is CC(C)CCC[C@H](C)NC(=O)c1cccc([N+](=O)[O-])c1. The van der Waals surface area contributed by atoms with Gasteiger partial charge in [0, 0.05) is 23.7 Å². The molecule has 0 aliphatic rings. The number of amides is 1. The standard InChI is InChI=1S/C15H22N2O3/c1-11(2)6-4-7-12(3)16-15(18)13-8-5-9-14(10-13)17(19)20/h5,8-12H,4,6-7H2,1-3H3,(H,16,18)/t12-/m0/s1. The molecule has 0 spiro atoms. The highest BCUT2D eigenvalue weighted by Crippen LogP contribution is 2.14. The van der Waals surface area contributed by atoms with E-state index in [1.54, 1.807) is 6.07 Å². The molecular formula is C15H22N2O3. The van der Waals surface area contributed by atoms with Crippen molar-refractivity contribution in [2.75, 3.05) is 0 Å². The Kier molecular flexibility index (Phi) is 6.15. The quantitative estimate of drug-likeness (QED) is 0.612. The molecule has 110 valence electrons. The Morgan fingerprint density at radius 3 is 2.60 bits per heavy atom. The molecular weight excluding hydrogens is 256 g/mol. The highest BCUT2D eigenvalue weighted by molar-refractivity contribution is 5.94. The maximum atomic E-state index is 12.0. The minimum atomic E-state index is -0.497. The molecule has 0 bridgehead atoms. The molecule has 1 atom stereocenters. The third-order valence-corrected chi connectivity index (χ3v) is 3.12. The van der Waals surface area contributed by atoms with Crippen LogP contribution in [-0.4, -0.2) is 16.9 Å². The van der Waals surface area contributed by atoms with Gasteiger partial charge >= 0.3 is 0 Å². The Balaban J connectivity index is 2.53. The molecule has 0 saturated heterocycles. The molecule has 0 heterocycles. The second kappa shape index (κ2) is 7.62. The molecule has 1 rings (SSSR count). The van der Waals surface area contributed by atoms with Gasteiger partial charge in [-0.3, -0.25) is 14.9 Å². The summed E-state index contributed by atoms with van der Waals surface area (Å²) in [5, 5.41) is 13.6. The summed E-state index contributed by atoms with van der Waals surface area (Å²) in [6.45, 7) is 6.30. The van der Waals surface area contributed by atoms with Crippen LogP contribution >= 0.6 is 0 Å². The van der Waals surface area contributed by atoms with Crippen molar-refractivity contribution in [1.29, 1.82) is 0 Å². The average molecular weight is 278 g/mol. The molecule has 1 N–H and O–H groups in total. The molecule has 1 aromatic rings. The lowest BCUT2D eigenvalue weighted by atomic mass is 10.0. The van der Waals surface area contributed by atoms with Crippen molar-refractivity contribution in [3.8, 4) is 0 Å². The second-order valence-corrected chi connectivity index (χ2v) is 5.51. The van der Waals surface area contributed by atoms with Gasteiger partial charge in [0.25, 0.3) is 11.6 Å². The zero-order chi connectivity index (χ0) is 15.1. The lowest BCUT2D eigenvalue weighted by Crippen LogP contribution is -2.32. The van der Waals surface area contributed by atoms with E-state index < -0.39 is 4.92 Å². The molecule has 1 aromatic carbocycles. The van der Waals surface area contributed by atoms with E-state index >= 15 is 0 Å². The monoisotopic (exact) mass is 278 g/mol. The van der Waals surface area contributed by atoms with Gasteiger partial charge in [-0.1, -0.05) is 32.8 Å². The zero-order valence-corrected chi connectivity index (χ0v) is 12.3. The first kappa shape index (κ1) is 16.1. The van der Waals surface area contributed by atoms with Crippen LogP contribution in [0.5, 0.6) is 0 Å². The van der Waals surface area contributed by atoms with E-state index in [-0.39, 0.29) is 17.6 Å². The molecule has 0 aliphatic carbocycles. The van der Waals surface area contributed by atoms with Crippen LogP contribution in [0.3, 0.4) is 0 Å². The smallest absolute Gasteiger partial charge is 0.270 e. The molecule has 0 aromatic heterocycles. The number of nitro groups is 1. The largest absolute Gasteiger partial charge is 0.350 e. The highest BCUT2D eigenvalue weighted by Gasteiger charge is 2.13. The number of carbonyl (C=O) groups is 1. The van der Waals surface area contributed by atoms with Crippen molar-refractivity contribution in [3.63, 3.8) is 0 Å². The van der Waals surface area contributed by atoms with Crippen LogP contribution in [0.25, 0.3) is 0 Å². The minimum absolute atomic E-state index is 0.0647. The summed E-state index contributed by atoms with van der Waals surface area (Å²) in [4.78, 5) is 22.2. The lowest BCUT2D eigenvalue weighted by molar-refractivity contribution is -0.384. The molecule has 0 aliphatic heterocycles. The highest BCUT2D eigenvalue weighted by atomic mass is 16.6. The molecule has 0 saturated carbocycles. The Morgan fingerprint density at radius 2 is 2.00 bits per heavy atom. The first-order valence-corrected chi connectivity index (χ1v) is 6.95. The van der Waals surface area contributed by atoms with E-state index in [1.807, 2.05) is 6.92 Å². The van der Waals surface area contributed by atoms with E-state index in [4.69, 9.17) is 0 Å². The van der Waals surface area contributed by atoms with Gasteiger partial charge in [0.1, 0.15) is 0 Å². The molecule has 20 heavy (non-hydrogen) atoms. The van der Waals surface area contributed by atoms with E-state index in [9.17, 15) is 14.9 Å². The number of hydrogen-bond donors (Lipinski definition) is 1. The van der Waals surface area contributed by atoms with E-state index in [0.717, 1.165) is 19.3 Å². The van der Waals surface area contributed by atoms with Crippen LogP contribution in [0, 0.1) is 16.0 Å². The number of nitrogens with one attached hydrogen (secondary N) is 1. The number of nitro benzene ring substituents is 1. The molecule has 0 unspecified atom stereocenters. The first-order chi connectivity index (χ1) is 9.40. The number of benzene rings is 1. The molecule has 0 radical (unpaired) electrons. The summed E-state index contributed by atoms with van der Waals surface area (Å²) in [5.74, 6) is 0.403. The van der Waals surface area contributed by atoms with E-state index in [2.05, 4.69) is 19.2 Å². The summed E-state index contributed by atoms with van der Waals surface area (Å²) in [7, 11) is 0. The van der Waals surface area contributed by atoms with Crippen LogP contribution in [0.4, 0.5) is 5.69 Å². The molecule has 1 amide bonds. The first-order valence-electron chi connectivity index (χ1n) is 6.95. The van der Waals surface area contributed by atoms with Crippen molar-refractivity contribution in [3.05, 3.63) is 39.9 Å². The third kappa shape index (κ3) is 5.38. The minimum Gasteiger partial charge on any atom is -0.350 e. The zero-order valence-electron chi connectivity index (χ0n) is 12.3. The number of carbonyl (C=O) groups excluding carboxylic acids is 1. The summed E-state index contributed by atoms with van der Waals surface area (Å²) >= 11 is 0. The van der Waals surface area contributed by atoms with Gasteiger partial charge in [-0.05, 0) is 25.3 Å². The Bertz CT molecular complexity index is 472. The summed E-state index contributed by atoms with van der Waals surface area (Å²) < 4.78 is 0. The van der Waals surface area contributed by atoms with Gasteiger partial charge < -0.3 is 5.32 Å². The van der Waals surface area contributed by atoms with Gasteiger partial charge in [0.15, 0.2) is 0 Å². The van der Waals surface area contributed by atoms with Gasteiger partial charge in [-0.15, -0.1) is 0 Å². The van der Waals surface area contributed by atoms with Crippen LogP contribution < -0.4 is 5.32 Å². The maximum absolute atomic E-state index is 12.0. The van der Waals surface area contributed by atoms with Gasteiger partial charge in [0.05, 0.1) is 4.92 Å². The fraction of sp³-hybridized carbons (Fsp3) is 0.533. The molecule has 0 fully saturated rings. The fourth-order valence-corrected chi connectivity index (χ4v) is 1.97. The van der Waals surface area contributed by atoms with Gasteiger partial charge in [-0.2, -0.15) is 0 Å². The normalized spacial score (nSPS) is 12.2. The predicted molar refractivity (Wildman–Crippen MR) is 78.7 cm³/mol. The van der Waals surface area contributed by atoms with Crippen molar-refractivity contribution in [1.82, 2.24) is 5.32 Å². The van der Waals surface area contributed by atoms with Crippen LogP contribution in [-0.2, 0) is 0 Å². The Hall–Kier alpha value is -1.91. The van der Waals surface area contributed by atoms with Gasteiger partial charge in [-0.25, -0.2) is 0 Å². The summed E-state index contributed by atoms with van der Waals surface area (Å²) in [5.41, 5.74) is 0.264. The second-order valence-electron chi connectivity index (χ2n) is 5.51. The summed E-state index contributed by atoms with van der Waals surface area (Å²) in [6, 6.07) is 5.86. The lowest BCUT2D eigenvalue weighted by Gasteiger charge is -2.14. The number of non-ortho nitro benzene ring substituents is 1. The third-order valence-electron chi connectivity index (χ3n) is 3.12. The number of rotatable bonds is 7. The molecule has 5 nitrogen and oxygen atoms in total. The van der Waals surface area contributed by atoms with E-state index in [1.165, 1.54) is 18.2 Å². The number of nitrogens with zero attached hydrogens (tertiary/aromatic N) is 1. The fourth-order valence-electron chi connectivity index (χ4n) is 1.97. The van der Waals surface area contributed by atoms with Crippen molar-refractivity contribution >= 4 is 11.6 Å². The summed E-state index contributed by atoms with van der Waals surface area (Å²) in [6.07, 6.45) is 3.11. The van der Waals surface area contributed by atoms with Crippen molar-refractivity contribution in [2.24, 2.45) is 5.92 Å². The maximum Gasteiger partial charge on any atom is 0.270 e. The van der Waals surface area contributed by atoms with Gasteiger partial charge in [0.2, 0.25) is 0 Å². The predicted octanol–water partition coefficient (Wildman–Crippen LogP) is 3.54. The average Bonchev–Trinajstić information content (AvgIpc) is 2.38. The Morgan fingerprint density at radius 1 is 1.30 bits per heavy atom. The van der Waals surface area contributed by atoms with Crippen molar-refractivity contribution < 1.29 is 9.72 Å². The molecule has 5 heteroatoms. The van der Waals surface area contributed by atoms with Crippen LogP contribution in [0.15, 0.2) is 24.3 Å².